The van der Waals surface area contributed by atoms with Crippen LogP contribution in [-0.4, -0.2) is 43.2 Å². The minimum Gasteiger partial charge on any atom is -0.453 e. The molecule has 0 aliphatic heterocycles. The van der Waals surface area contributed by atoms with Gasteiger partial charge in [-0.05, 0) is 44.7 Å². The SMILES string of the molecule is CC(C[N+](C)(C)C1CCCCC1)OC(=O)c1ccccc1F. The predicted molar refractivity (Wildman–Crippen MR) is 85.1 cm³/mol. The Kier molecular flexibility index (Phi) is 5.57. The van der Waals surface area contributed by atoms with Gasteiger partial charge in [-0.15, -0.1) is 0 Å². The average molecular weight is 308 g/mol. The molecule has 1 aromatic carbocycles. The number of quaternary nitrogens is 1. The second-order valence-electron chi connectivity index (χ2n) is 6.95. The highest BCUT2D eigenvalue weighted by molar-refractivity contribution is 5.89. The largest absolute Gasteiger partial charge is 0.453 e. The zero-order valence-corrected chi connectivity index (χ0v) is 13.8. The summed E-state index contributed by atoms with van der Waals surface area (Å²) in [6.07, 6.45) is 6.14. The van der Waals surface area contributed by atoms with Crippen molar-refractivity contribution in [2.75, 3.05) is 20.6 Å². The number of hydrogen-bond acceptors (Lipinski definition) is 2. The Morgan fingerprint density at radius 3 is 2.55 bits per heavy atom. The second kappa shape index (κ2) is 7.23. The van der Waals surface area contributed by atoms with Gasteiger partial charge in [-0.1, -0.05) is 18.6 Å². The molecule has 1 saturated carbocycles. The minimum absolute atomic E-state index is 0.0114. The van der Waals surface area contributed by atoms with Crippen LogP contribution < -0.4 is 0 Å². The lowest BCUT2D eigenvalue weighted by Crippen LogP contribution is -2.53. The summed E-state index contributed by atoms with van der Waals surface area (Å²) < 4.78 is 19.9. The lowest BCUT2D eigenvalue weighted by molar-refractivity contribution is -0.918. The van der Waals surface area contributed by atoms with E-state index >= 15 is 0 Å². The lowest BCUT2D eigenvalue weighted by Gasteiger charge is -2.41. The molecule has 1 fully saturated rings. The van der Waals surface area contributed by atoms with E-state index in [2.05, 4.69) is 14.1 Å². The molecule has 1 atom stereocenters. The Bertz CT molecular complexity index is 510. The molecule has 4 heteroatoms. The van der Waals surface area contributed by atoms with Crippen molar-refractivity contribution in [2.24, 2.45) is 0 Å². The van der Waals surface area contributed by atoms with Crippen LogP contribution >= 0.6 is 0 Å². The summed E-state index contributed by atoms with van der Waals surface area (Å²) >= 11 is 0. The number of carbonyl (C=O) groups is 1. The lowest BCUT2D eigenvalue weighted by atomic mass is 9.93. The molecule has 0 amide bonds. The number of likely N-dealkylation sites (N-methyl/N-ethyl adjacent to an activating group) is 1. The highest BCUT2D eigenvalue weighted by atomic mass is 19.1. The van der Waals surface area contributed by atoms with Gasteiger partial charge in [0.2, 0.25) is 0 Å². The van der Waals surface area contributed by atoms with Crippen LogP contribution in [0.4, 0.5) is 4.39 Å². The fourth-order valence-electron chi connectivity index (χ4n) is 3.50. The third-order valence-electron chi connectivity index (χ3n) is 4.69. The molecule has 1 unspecified atom stereocenters. The van der Waals surface area contributed by atoms with Crippen molar-refractivity contribution >= 4 is 5.97 Å². The summed E-state index contributed by atoms with van der Waals surface area (Å²) in [5, 5.41) is 0. The summed E-state index contributed by atoms with van der Waals surface area (Å²) in [6.45, 7) is 2.65. The quantitative estimate of drug-likeness (QED) is 0.611. The van der Waals surface area contributed by atoms with Gasteiger partial charge in [-0.25, -0.2) is 9.18 Å². The molecule has 0 spiro atoms. The topological polar surface area (TPSA) is 26.3 Å². The molecule has 3 nitrogen and oxygen atoms in total. The van der Waals surface area contributed by atoms with Crippen molar-refractivity contribution in [2.45, 2.75) is 51.2 Å². The van der Waals surface area contributed by atoms with Crippen molar-refractivity contribution in [1.29, 1.82) is 0 Å². The van der Waals surface area contributed by atoms with Crippen LogP contribution in [0.2, 0.25) is 0 Å². The maximum absolute atomic E-state index is 13.6. The van der Waals surface area contributed by atoms with Crippen LogP contribution in [0.25, 0.3) is 0 Å². The first-order valence-electron chi connectivity index (χ1n) is 8.18. The Hall–Kier alpha value is -1.42. The molecule has 0 heterocycles. The zero-order chi connectivity index (χ0) is 16.2. The molecule has 0 bridgehead atoms. The van der Waals surface area contributed by atoms with Gasteiger partial charge < -0.3 is 9.22 Å². The molecule has 0 saturated heterocycles. The standard InChI is InChI=1S/C18H27FNO2/c1-14(13-20(2,3)15-9-5-4-6-10-15)22-18(21)16-11-7-8-12-17(16)19/h7-8,11-12,14-15H,4-6,9-10,13H2,1-3H3/q+1. The van der Waals surface area contributed by atoms with E-state index < -0.39 is 11.8 Å². The van der Waals surface area contributed by atoms with Crippen LogP contribution in [0.1, 0.15) is 49.4 Å². The van der Waals surface area contributed by atoms with E-state index in [1.54, 1.807) is 12.1 Å². The van der Waals surface area contributed by atoms with Crippen LogP contribution in [0.5, 0.6) is 0 Å². The van der Waals surface area contributed by atoms with Crippen LogP contribution in [0.15, 0.2) is 24.3 Å². The normalized spacial score (nSPS) is 18.0. The molecule has 22 heavy (non-hydrogen) atoms. The summed E-state index contributed by atoms with van der Waals surface area (Å²) in [6, 6.07) is 6.59. The molecule has 0 radical (unpaired) electrons. The number of ether oxygens (including phenoxy) is 1. The predicted octanol–water partition coefficient (Wildman–Crippen LogP) is 3.78. The zero-order valence-electron chi connectivity index (χ0n) is 13.8. The smallest absolute Gasteiger partial charge is 0.341 e. The summed E-state index contributed by atoms with van der Waals surface area (Å²) in [5.74, 6) is -1.10. The summed E-state index contributed by atoms with van der Waals surface area (Å²) in [7, 11) is 4.40. The number of halogens is 1. The van der Waals surface area contributed by atoms with E-state index in [0.29, 0.717) is 6.04 Å². The van der Waals surface area contributed by atoms with E-state index in [1.807, 2.05) is 6.92 Å². The van der Waals surface area contributed by atoms with E-state index in [1.165, 1.54) is 44.2 Å². The highest BCUT2D eigenvalue weighted by Crippen LogP contribution is 2.26. The van der Waals surface area contributed by atoms with Crippen molar-refractivity contribution in [3.8, 4) is 0 Å². The van der Waals surface area contributed by atoms with Crippen LogP contribution in [0.3, 0.4) is 0 Å². The van der Waals surface area contributed by atoms with Crippen molar-refractivity contribution in [1.82, 2.24) is 0 Å². The van der Waals surface area contributed by atoms with E-state index in [9.17, 15) is 9.18 Å². The number of carbonyl (C=O) groups excluding carboxylic acids is 1. The maximum atomic E-state index is 13.6. The third-order valence-corrected chi connectivity index (χ3v) is 4.69. The first-order chi connectivity index (χ1) is 10.4. The summed E-state index contributed by atoms with van der Waals surface area (Å²) in [4.78, 5) is 12.1. The Morgan fingerprint density at radius 2 is 1.91 bits per heavy atom. The van der Waals surface area contributed by atoms with Gasteiger partial charge in [-0.2, -0.15) is 0 Å². The number of rotatable bonds is 5. The monoisotopic (exact) mass is 308 g/mol. The van der Waals surface area contributed by atoms with Gasteiger partial charge in [0, 0.05) is 0 Å². The molecule has 122 valence electrons. The number of benzene rings is 1. The van der Waals surface area contributed by atoms with Crippen molar-refractivity contribution in [3.63, 3.8) is 0 Å². The number of hydrogen-bond donors (Lipinski definition) is 0. The molecular weight excluding hydrogens is 281 g/mol. The fourth-order valence-corrected chi connectivity index (χ4v) is 3.50. The number of esters is 1. The van der Waals surface area contributed by atoms with Gasteiger partial charge in [-0.3, -0.25) is 0 Å². The summed E-state index contributed by atoms with van der Waals surface area (Å²) in [5.41, 5.74) is 0.0114. The van der Waals surface area contributed by atoms with Crippen LogP contribution in [-0.2, 0) is 4.74 Å². The molecule has 2 rings (SSSR count). The van der Waals surface area contributed by atoms with Gasteiger partial charge in [0.15, 0.2) is 0 Å². The Balaban J connectivity index is 1.93. The van der Waals surface area contributed by atoms with Gasteiger partial charge >= 0.3 is 5.97 Å². The average Bonchev–Trinajstić information content (AvgIpc) is 2.47. The van der Waals surface area contributed by atoms with E-state index in [-0.39, 0.29) is 11.7 Å². The molecule has 0 aromatic heterocycles. The Labute approximate surface area is 132 Å². The van der Waals surface area contributed by atoms with Gasteiger partial charge in [0.05, 0.1) is 25.7 Å². The second-order valence-corrected chi connectivity index (χ2v) is 6.95. The first kappa shape index (κ1) is 16.9. The Morgan fingerprint density at radius 1 is 1.27 bits per heavy atom. The number of nitrogens with zero attached hydrogens (tertiary/aromatic N) is 1. The van der Waals surface area contributed by atoms with E-state index in [0.717, 1.165) is 11.0 Å². The molecular formula is C18H27FNO2+. The van der Waals surface area contributed by atoms with Crippen molar-refractivity contribution in [3.05, 3.63) is 35.6 Å². The van der Waals surface area contributed by atoms with Gasteiger partial charge in [0.1, 0.15) is 18.5 Å². The van der Waals surface area contributed by atoms with Crippen molar-refractivity contribution < 1.29 is 18.4 Å². The molecule has 0 N–H and O–H groups in total. The van der Waals surface area contributed by atoms with Gasteiger partial charge in [0.25, 0.3) is 0 Å². The molecule has 1 aromatic rings. The highest BCUT2D eigenvalue weighted by Gasteiger charge is 2.32. The van der Waals surface area contributed by atoms with E-state index in [4.69, 9.17) is 4.74 Å². The minimum atomic E-state index is -0.575. The third kappa shape index (κ3) is 4.29. The van der Waals surface area contributed by atoms with Crippen LogP contribution in [0, 0.1) is 5.82 Å². The molecule has 1 aliphatic rings. The molecule has 1 aliphatic carbocycles. The first-order valence-corrected chi connectivity index (χ1v) is 8.18. The maximum Gasteiger partial charge on any atom is 0.341 e. The fraction of sp³-hybridized carbons (Fsp3) is 0.611.